The fourth-order valence-electron chi connectivity index (χ4n) is 2.98. The van der Waals surface area contributed by atoms with Gasteiger partial charge in [0.05, 0.1) is 5.02 Å². The van der Waals surface area contributed by atoms with Crippen molar-refractivity contribution in [2.75, 3.05) is 37.7 Å². The van der Waals surface area contributed by atoms with Crippen molar-refractivity contribution < 1.29 is 13.9 Å². The highest BCUT2D eigenvalue weighted by Crippen LogP contribution is 2.22. The minimum Gasteiger partial charge on any atom is -0.484 e. The Morgan fingerprint density at radius 1 is 1.21 bits per heavy atom. The third-order valence-electron chi connectivity index (χ3n) is 4.58. The van der Waals surface area contributed by atoms with Gasteiger partial charge in [0.25, 0.3) is 5.91 Å². The van der Waals surface area contributed by atoms with E-state index in [1.165, 1.54) is 18.2 Å². The number of rotatable bonds is 5. The fourth-order valence-corrected chi connectivity index (χ4v) is 3.15. The van der Waals surface area contributed by atoms with Crippen LogP contribution in [0, 0.1) is 12.7 Å². The summed E-state index contributed by atoms with van der Waals surface area (Å²) in [5.74, 6) is 1.74. The molecule has 0 radical (unpaired) electrons. The molecule has 2 aromatic rings. The first-order valence-electron chi connectivity index (χ1n) is 9.29. The topological polar surface area (TPSA) is 58.6 Å². The lowest BCUT2D eigenvalue weighted by Crippen LogP contribution is -2.50. The van der Waals surface area contributed by atoms with E-state index in [4.69, 9.17) is 16.3 Å². The number of aromatic nitrogens is 2. The molecule has 0 aliphatic carbocycles. The number of halogens is 2. The van der Waals surface area contributed by atoms with Crippen molar-refractivity contribution in [1.82, 2.24) is 14.9 Å². The highest BCUT2D eigenvalue weighted by molar-refractivity contribution is 6.30. The molecule has 0 saturated carbocycles. The van der Waals surface area contributed by atoms with E-state index in [0.717, 1.165) is 17.3 Å². The van der Waals surface area contributed by atoms with Crippen LogP contribution in [0.5, 0.6) is 5.75 Å². The summed E-state index contributed by atoms with van der Waals surface area (Å²) in [6.07, 6.45) is 0. The smallest absolute Gasteiger partial charge is 0.260 e. The number of ether oxygens (including phenoxy) is 1. The monoisotopic (exact) mass is 406 g/mol. The lowest BCUT2D eigenvalue weighted by atomic mass is 10.2. The molecule has 1 amide bonds. The maximum absolute atomic E-state index is 13.2. The first kappa shape index (κ1) is 20.3. The van der Waals surface area contributed by atoms with Gasteiger partial charge in [-0.3, -0.25) is 4.79 Å². The molecule has 8 heteroatoms. The van der Waals surface area contributed by atoms with Crippen molar-refractivity contribution in [3.05, 3.63) is 46.6 Å². The lowest BCUT2D eigenvalue weighted by molar-refractivity contribution is -0.133. The minimum atomic E-state index is -0.517. The van der Waals surface area contributed by atoms with Crippen molar-refractivity contribution in [2.24, 2.45) is 0 Å². The van der Waals surface area contributed by atoms with Crippen LogP contribution in [-0.4, -0.2) is 53.6 Å². The second-order valence-electron chi connectivity index (χ2n) is 7.11. The van der Waals surface area contributed by atoms with Gasteiger partial charge in [0.2, 0.25) is 0 Å². The molecule has 1 saturated heterocycles. The first-order valence-corrected chi connectivity index (χ1v) is 9.67. The molecule has 6 nitrogen and oxygen atoms in total. The van der Waals surface area contributed by atoms with Crippen molar-refractivity contribution in [3.8, 4) is 5.75 Å². The number of hydrogen-bond acceptors (Lipinski definition) is 5. The Kier molecular flexibility index (Phi) is 6.34. The molecule has 150 valence electrons. The van der Waals surface area contributed by atoms with Crippen LogP contribution in [0.3, 0.4) is 0 Å². The average Bonchev–Trinajstić information content (AvgIpc) is 2.68. The molecule has 0 N–H and O–H groups in total. The Morgan fingerprint density at radius 2 is 1.93 bits per heavy atom. The Bertz CT molecular complexity index is 854. The van der Waals surface area contributed by atoms with Crippen LogP contribution in [0.15, 0.2) is 24.3 Å². The molecular weight excluding hydrogens is 383 g/mol. The minimum absolute atomic E-state index is 0.0283. The first-order chi connectivity index (χ1) is 13.3. The molecule has 0 atom stereocenters. The predicted octanol–water partition coefficient (Wildman–Crippen LogP) is 3.43. The van der Waals surface area contributed by atoms with Crippen LogP contribution in [0.2, 0.25) is 5.02 Å². The van der Waals surface area contributed by atoms with Gasteiger partial charge in [0, 0.05) is 49.9 Å². The quantitative estimate of drug-likeness (QED) is 0.761. The van der Waals surface area contributed by atoms with Gasteiger partial charge >= 0.3 is 0 Å². The third-order valence-corrected chi connectivity index (χ3v) is 4.87. The summed E-state index contributed by atoms with van der Waals surface area (Å²) < 4.78 is 18.6. The second kappa shape index (κ2) is 8.73. The molecule has 0 bridgehead atoms. The summed E-state index contributed by atoms with van der Waals surface area (Å²) in [6.45, 7) is 8.58. The zero-order chi connectivity index (χ0) is 20.3. The molecule has 1 fully saturated rings. The number of amides is 1. The molecule has 2 heterocycles. The number of benzene rings is 1. The zero-order valence-corrected chi connectivity index (χ0v) is 17.0. The van der Waals surface area contributed by atoms with Crippen molar-refractivity contribution in [1.29, 1.82) is 0 Å². The Balaban J connectivity index is 1.54. The third kappa shape index (κ3) is 4.90. The molecule has 1 aromatic heterocycles. The molecule has 28 heavy (non-hydrogen) atoms. The van der Waals surface area contributed by atoms with Crippen molar-refractivity contribution in [3.63, 3.8) is 0 Å². The molecule has 1 aliphatic rings. The molecule has 1 aromatic carbocycles. The van der Waals surface area contributed by atoms with Gasteiger partial charge in [-0.2, -0.15) is 0 Å². The summed E-state index contributed by atoms with van der Waals surface area (Å²) in [5, 5.41) is -0.0283. The number of carbonyl (C=O) groups excluding carboxylic acids is 1. The summed E-state index contributed by atoms with van der Waals surface area (Å²) in [4.78, 5) is 25.5. The Morgan fingerprint density at radius 3 is 2.57 bits per heavy atom. The van der Waals surface area contributed by atoms with Gasteiger partial charge < -0.3 is 14.5 Å². The van der Waals surface area contributed by atoms with Crippen LogP contribution in [0.1, 0.15) is 31.3 Å². The van der Waals surface area contributed by atoms with Crippen molar-refractivity contribution in [2.45, 2.75) is 26.7 Å². The van der Waals surface area contributed by atoms with Crippen LogP contribution in [0.25, 0.3) is 0 Å². The molecular formula is C20H24ClFN4O2. The van der Waals surface area contributed by atoms with E-state index in [1.54, 1.807) is 4.90 Å². The average molecular weight is 407 g/mol. The van der Waals surface area contributed by atoms with E-state index in [0.29, 0.717) is 31.9 Å². The van der Waals surface area contributed by atoms with Gasteiger partial charge in [0.15, 0.2) is 6.61 Å². The van der Waals surface area contributed by atoms with Gasteiger partial charge in [-0.05, 0) is 19.1 Å². The van der Waals surface area contributed by atoms with Gasteiger partial charge in [-0.25, -0.2) is 14.4 Å². The van der Waals surface area contributed by atoms with E-state index >= 15 is 0 Å². The van der Waals surface area contributed by atoms with E-state index in [2.05, 4.69) is 28.7 Å². The normalized spacial score (nSPS) is 14.5. The van der Waals surface area contributed by atoms with E-state index < -0.39 is 5.82 Å². The SMILES string of the molecule is Cc1cc(N2CCN(C(=O)COc3ccc(F)c(Cl)c3)CC2)nc(C(C)C)n1. The predicted molar refractivity (Wildman–Crippen MR) is 107 cm³/mol. The number of anilines is 1. The molecule has 1 aliphatic heterocycles. The largest absolute Gasteiger partial charge is 0.484 e. The van der Waals surface area contributed by atoms with Crippen LogP contribution >= 0.6 is 11.6 Å². The molecule has 3 rings (SSSR count). The molecule has 0 unspecified atom stereocenters. The Hall–Kier alpha value is -2.41. The fraction of sp³-hybridized carbons (Fsp3) is 0.450. The van der Waals surface area contributed by atoms with E-state index in [1.807, 2.05) is 13.0 Å². The van der Waals surface area contributed by atoms with Gasteiger partial charge in [-0.1, -0.05) is 25.4 Å². The number of hydrogen-bond donors (Lipinski definition) is 0. The number of aryl methyl sites for hydroxylation is 1. The van der Waals surface area contributed by atoms with Crippen LogP contribution < -0.4 is 9.64 Å². The van der Waals surface area contributed by atoms with E-state index in [9.17, 15) is 9.18 Å². The lowest BCUT2D eigenvalue weighted by Gasteiger charge is -2.35. The molecule has 0 spiro atoms. The Labute approximate surface area is 169 Å². The number of nitrogens with zero attached hydrogens (tertiary/aromatic N) is 4. The maximum Gasteiger partial charge on any atom is 0.260 e. The number of piperazine rings is 1. The van der Waals surface area contributed by atoms with Gasteiger partial charge in [0.1, 0.15) is 23.2 Å². The number of carbonyl (C=O) groups is 1. The van der Waals surface area contributed by atoms with Crippen LogP contribution in [-0.2, 0) is 4.79 Å². The second-order valence-corrected chi connectivity index (χ2v) is 7.52. The summed E-state index contributed by atoms with van der Waals surface area (Å²) in [7, 11) is 0. The van der Waals surface area contributed by atoms with Crippen molar-refractivity contribution >= 4 is 23.3 Å². The maximum atomic E-state index is 13.2. The van der Waals surface area contributed by atoms with Gasteiger partial charge in [-0.15, -0.1) is 0 Å². The van der Waals surface area contributed by atoms with Crippen LogP contribution in [0.4, 0.5) is 10.2 Å². The highest BCUT2D eigenvalue weighted by atomic mass is 35.5. The summed E-state index contributed by atoms with van der Waals surface area (Å²) in [5.41, 5.74) is 0.943. The standard InChI is InChI=1S/C20H24ClFN4O2/c1-13(2)20-23-14(3)10-18(24-20)25-6-8-26(9-7-25)19(27)12-28-15-4-5-17(22)16(21)11-15/h4-5,10-11,13H,6-9,12H2,1-3H3. The van der Waals surface area contributed by atoms with E-state index in [-0.39, 0.29) is 23.5 Å². The highest BCUT2D eigenvalue weighted by Gasteiger charge is 2.23. The summed E-state index contributed by atoms with van der Waals surface area (Å²) >= 11 is 5.73. The zero-order valence-electron chi connectivity index (χ0n) is 16.3. The summed E-state index contributed by atoms with van der Waals surface area (Å²) in [6, 6.07) is 6.02.